The van der Waals surface area contributed by atoms with Gasteiger partial charge in [-0.15, -0.1) is 0 Å². The third-order valence-electron chi connectivity index (χ3n) is 2.88. The van der Waals surface area contributed by atoms with Crippen LogP contribution in [0.4, 0.5) is 11.4 Å². The highest BCUT2D eigenvalue weighted by molar-refractivity contribution is 5.55. The van der Waals surface area contributed by atoms with Gasteiger partial charge in [0.15, 0.2) is 0 Å². The summed E-state index contributed by atoms with van der Waals surface area (Å²) in [5, 5.41) is 0. The molecule has 18 heavy (non-hydrogen) atoms. The van der Waals surface area contributed by atoms with Crippen LogP contribution in [0.3, 0.4) is 0 Å². The molecule has 0 aliphatic carbocycles. The van der Waals surface area contributed by atoms with Crippen LogP contribution >= 0.6 is 0 Å². The summed E-state index contributed by atoms with van der Waals surface area (Å²) in [5.41, 5.74) is 7.84. The molecule has 0 atom stereocenters. The minimum Gasteiger partial charge on any atom is -0.399 e. The zero-order chi connectivity index (χ0) is 13.2. The van der Waals surface area contributed by atoms with E-state index in [9.17, 15) is 0 Å². The highest BCUT2D eigenvalue weighted by atomic mass is 16.5. The van der Waals surface area contributed by atoms with Crippen LogP contribution in [0.2, 0.25) is 0 Å². The van der Waals surface area contributed by atoms with Crippen molar-refractivity contribution in [3.8, 4) is 0 Å². The van der Waals surface area contributed by atoms with Crippen molar-refractivity contribution in [1.82, 2.24) is 0 Å². The summed E-state index contributed by atoms with van der Waals surface area (Å²) in [6.45, 7) is 8.00. The maximum absolute atomic E-state index is 5.83. The van der Waals surface area contributed by atoms with Gasteiger partial charge in [-0.2, -0.15) is 0 Å². The number of benzene rings is 1. The molecule has 0 saturated heterocycles. The Bertz CT molecular complexity index is 328. The standard InChI is InChI=1S/C15H26N2O/c1-3-5-11-18-12-10-17(9-4-2)15-8-6-7-14(16)13-15/h6-8,13H,3-5,9-12,16H2,1-2H3. The van der Waals surface area contributed by atoms with Crippen LogP contribution in [0.1, 0.15) is 33.1 Å². The molecular weight excluding hydrogens is 224 g/mol. The van der Waals surface area contributed by atoms with Gasteiger partial charge in [-0.3, -0.25) is 0 Å². The van der Waals surface area contributed by atoms with Crippen LogP contribution in [-0.4, -0.2) is 26.3 Å². The lowest BCUT2D eigenvalue weighted by Crippen LogP contribution is -2.28. The molecule has 0 saturated carbocycles. The smallest absolute Gasteiger partial charge is 0.0641 e. The number of ether oxygens (including phenoxy) is 1. The molecule has 0 bridgehead atoms. The van der Waals surface area contributed by atoms with E-state index in [4.69, 9.17) is 10.5 Å². The Hall–Kier alpha value is -1.22. The molecule has 102 valence electrons. The number of anilines is 2. The molecule has 2 N–H and O–H groups in total. The van der Waals surface area contributed by atoms with Crippen LogP contribution in [0.25, 0.3) is 0 Å². The SMILES string of the molecule is CCCCOCCN(CCC)c1cccc(N)c1. The average molecular weight is 250 g/mol. The van der Waals surface area contributed by atoms with Crippen LogP contribution in [0.5, 0.6) is 0 Å². The number of nitrogens with two attached hydrogens (primary N) is 1. The first-order valence-electron chi connectivity index (χ1n) is 6.96. The van der Waals surface area contributed by atoms with Gasteiger partial charge in [0, 0.05) is 31.1 Å². The van der Waals surface area contributed by atoms with Gasteiger partial charge in [0.25, 0.3) is 0 Å². The largest absolute Gasteiger partial charge is 0.399 e. The Labute approximate surface area is 111 Å². The molecule has 0 amide bonds. The average Bonchev–Trinajstić information content (AvgIpc) is 2.37. The Morgan fingerprint density at radius 3 is 2.61 bits per heavy atom. The molecule has 1 aromatic rings. The fourth-order valence-corrected chi connectivity index (χ4v) is 1.88. The van der Waals surface area contributed by atoms with E-state index in [-0.39, 0.29) is 0 Å². The van der Waals surface area contributed by atoms with Gasteiger partial charge < -0.3 is 15.4 Å². The maximum Gasteiger partial charge on any atom is 0.0641 e. The summed E-state index contributed by atoms with van der Waals surface area (Å²) in [4.78, 5) is 2.34. The number of nitrogen functional groups attached to an aromatic ring is 1. The Kier molecular flexibility index (Phi) is 7.26. The zero-order valence-electron chi connectivity index (χ0n) is 11.7. The van der Waals surface area contributed by atoms with Crippen molar-refractivity contribution in [3.63, 3.8) is 0 Å². The number of nitrogens with zero attached hydrogens (tertiary/aromatic N) is 1. The summed E-state index contributed by atoms with van der Waals surface area (Å²) in [6.07, 6.45) is 3.46. The molecule has 0 aliphatic heterocycles. The van der Waals surface area contributed by atoms with Crippen molar-refractivity contribution in [3.05, 3.63) is 24.3 Å². The summed E-state index contributed by atoms with van der Waals surface area (Å²) in [5.74, 6) is 0. The van der Waals surface area contributed by atoms with Crippen molar-refractivity contribution < 1.29 is 4.74 Å². The fraction of sp³-hybridized carbons (Fsp3) is 0.600. The van der Waals surface area contributed by atoms with Crippen LogP contribution in [-0.2, 0) is 4.74 Å². The van der Waals surface area contributed by atoms with E-state index in [2.05, 4.69) is 24.8 Å². The maximum atomic E-state index is 5.83. The summed E-state index contributed by atoms with van der Waals surface area (Å²) >= 11 is 0. The van der Waals surface area contributed by atoms with Crippen molar-refractivity contribution in [2.45, 2.75) is 33.1 Å². The lowest BCUT2D eigenvalue weighted by Gasteiger charge is -2.24. The van der Waals surface area contributed by atoms with E-state index in [1.165, 1.54) is 12.1 Å². The Morgan fingerprint density at radius 1 is 1.11 bits per heavy atom. The molecule has 0 heterocycles. The van der Waals surface area contributed by atoms with E-state index in [1.807, 2.05) is 18.2 Å². The van der Waals surface area contributed by atoms with Gasteiger partial charge in [-0.1, -0.05) is 26.3 Å². The zero-order valence-corrected chi connectivity index (χ0v) is 11.7. The minimum atomic E-state index is 0.787. The normalized spacial score (nSPS) is 10.6. The first kappa shape index (κ1) is 14.8. The third-order valence-corrected chi connectivity index (χ3v) is 2.88. The first-order valence-corrected chi connectivity index (χ1v) is 6.96. The van der Waals surface area contributed by atoms with E-state index in [0.717, 1.165) is 44.8 Å². The quantitative estimate of drug-likeness (QED) is 0.540. The second kappa shape index (κ2) is 8.81. The number of unbranched alkanes of at least 4 members (excludes halogenated alkanes) is 1. The predicted molar refractivity (Wildman–Crippen MR) is 79.1 cm³/mol. The fourth-order valence-electron chi connectivity index (χ4n) is 1.88. The topological polar surface area (TPSA) is 38.5 Å². The second-order valence-corrected chi connectivity index (χ2v) is 4.55. The third kappa shape index (κ3) is 5.41. The van der Waals surface area contributed by atoms with Crippen molar-refractivity contribution in [1.29, 1.82) is 0 Å². The van der Waals surface area contributed by atoms with Crippen LogP contribution < -0.4 is 10.6 Å². The van der Waals surface area contributed by atoms with Gasteiger partial charge in [0.1, 0.15) is 0 Å². The van der Waals surface area contributed by atoms with E-state index < -0.39 is 0 Å². The van der Waals surface area contributed by atoms with Gasteiger partial charge >= 0.3 is 0 Å². The van der Waals surface area contributed by atoms with Crippen molar-refractivity contribution in [2.24, 2.45) is 0 Å². The van der Waals surface area contributed by atoms with E-state index >= 15 is 0 Å². The minimum absolute atomic E-state index is 0.787. The van der Waals surface area contributed by atoms with E-state index in [0.29, 0.717) is 0 Å². The molecule has 0 aliphatic rings. The molecule has 1 rings (SSSR count). The summed E-state index contributed by atoms with van der Waals surface area (Å²) < 4.78 is 5.63. The summed E-state index contributed by atoms with van der Waals surface area (Å²) in [7, 11) is 0. The first-order chi connectivity index (χ1) is 8.77. The van der Waals surface area contributed by atoms with Crippen molar-refractivity contribution in [2.75, 3.05) is 36.9 Å². The van der Waals surface area contributed by atoms with Gasteiger partial charge in [0.05, 0.1) is 6.61 Å². The number of hydrogen-bond acceptors (Lipinski definition) is 3. The van der Waals surface area contributed by atoms with Crippen LogP contribution in [0.15, 0.2) is 24.3 Å². The number of rotatable bonds is 9. The Morgan fingerprint density at radius 2 is 1.94 bits per heavy atom. The molecule has 0 fully saturated rings. The van der Waals surface area contributed by atoms with Crippen molar-refractivity contribution >= 4 is 11.4 Å². The monoisotopic (exact) mass is 250 g/mol. The molecule has 3 nitrogen and oxygen atoms in total. The Balaban J connectivity index is 2.44. The van der Waals surface area contributed by atoms with Crippen LogP contribution in [0, 0.1) is 0 Å². The lowest BCUT2D eigenvalue weighted by atomic mass is 10.2. The van der Waals surface area contributed by atoms with Gasteiger partial charge in [-0.05, 0) is 31.0 Å². The van der Waals surface area contributed by atoms with Gasteiger partial charge in [-0.25, -0.2) is 0 Å². The van der Waals surface area contributed by atoms with E-state index in [1.54, 1.807) is 0 Å². The highest BCUT2D eigenvalue weighted by Crippen LogP contribution is 2.17. The lowest BCUT2D eigenvalue weighted by molar-refractivity contribution is 0.137. The molecule has 0 aromatic heterocycles. The molecular formula is C15H26N2O. The highest BCUT2D eigenvalue weighted by Gasteiger charge is 2.05. The molecule has 0 spiro atoms. The number of hydrogen-bond donors (Lipinski definition) is 1. The second-order valence-electron chi connectivity index (χ2n) is 4.55. The predicted octanol–water partition coefficient (Wildman–Crippen LogP) is 3.30. The summed E-state index contributed by atoms with van der Waals surface area (Å²) in [6, 6.07) is 8.07. The molecule has 0 radical (unpaired) electrons. The molecule has 3 heteroatoms. The van der Waals surface area contributed by atoms with Gasteiger partial charge in [0.2, 0.25) is 0 Å². The molecule has 0 unspecified atom stereocenters. The molecule has 1 aromatic carbocycles.